The standard InChI is InChI=1S/C12H20O5S2/c1-12(9-17-8-11-4-2-3-5-11)10-18(13,14)6-7-19(12,15)16/h8H,2-7,9-10H2,1H3. The fourth-order valence-electron chi connectivity index (χ4n) is 2.52. The molecule has 0 amide bonds. The van der Waals surface area contributed by atoms with Crippen molar-refractivity contribution in [3.8, 4) is 0 Å². The predicted molar refractivity (Wildman–Crippen MR) is 73.3 cm³/mol. The molecule has 0 spiro atoms. The van der Waals surface area contributed by atoms with Crippen LogP contribution in [0, 0.1) is 0 Å². The molecule has 1 saturated carbocycles. The van der Waals surface area contributed by atoms with Crippen LogP contribution in [0.1, 0.15) is 32.6 Å². The first-order valence-electron chi connectivity index (χ1n) is 6.46. The minimum Gasteiger partial charge on any atom is -0.500 e. The highest BCUT2D eigenvalue weighted by molar-refractivity contribution is 7.99. The second-order valence-electron chi connectivity index (χ2n) is 5.66. The normalized spacial score (nSPS) is 33.0. The van der Waals surface area contributed by atoms with Crippen LogP contribution in [0.25, 0.3) is 0 Å². The van der Waals surface area contributed by atoms with Crippen LogP contribution < -0.4 is 0 Å². The summed E-state index contributed by atoms with van der Waals surface area (Å²) in [5.74, 6) is -0.913. The zero-order chi connectivity index (χ0) is 14.1. The van der Waals surface area contributed by atoms with Crippen LogP contribution in [-0.4, -0.2) is 45.4 Å². The van der Waals surface area contributed by atoms with Gasteiger partial charge in [0.1, 0.15) is 11.4 Å². The maximum atomic E-state index is 12.1. The molecule has 1 saturated heterocycles. The highest BCUT2D eigenvalue weighted by Crippen LogP contribution is 2.28. The van der Waals surface area contributed by atoms with E-state index in [4.69, 9.17) is 4.74 Å². The van der Waals surface area contributed by atoms with Crippen molar-refractivity contribution < 1.29 is 21.6 Å². The monoisotopic (exact) mass is 308 g/mol. The first-order valence-corrected chi connectivity index (χ1v) is 9.94. The molecule has 0 aromatic carbocycles. The molecule has 2 fully saturated rings. The van der Waals surface area contributed by atoms with E-state index in [2.05, 4.69) is 0 Å². The van der Waals surface area contributed by atoms with Gasteiger partial charge in [-0.3, -0.25) is 0 Å². The summed E-state index contributed by atoms with van der Waals surface area (Å²) < 4.78 is 51.4. The zero-order valence-corrected chi connectivity index (χ0v) is 12.7. The molecule has 0 bridgehead atoms. The fourth-order valence-corrected chi connectivity index (χ4v) is 7.57. The van der Waals surface area contributed by atoms with Gasteiger partial charge in [-0.25, -0.2) is 16.8 Å². The van der Waals surface area contributed by atoms with Crippen molar-refractivity contribution in [3.63, 3.8) is 0 Å². The summed E-state index contributed by atoms with van der Waals surface area (Å²) in [6.45, 7) is 1.38. The van der Waals surface area contributed by atoms with E-state index in [0.29, 0.717) is 0 Å². The Balaban J connectivity index is 2.08. The van der Waals surface area contributed by atoms with Crippen LogP contribution in [0.15, 0.2) is 11.8 Å². The molecule has 0 radical (unpaired) electrons. The van der Waals surface area contributed by atoms with Crippen LogP contribution in [0.4, 0.5) is 0 Å². The van der Waals surface area contributed by atoms with Crippen LogP contribution in [-0.2, 0) is 24.4 Å². The molecule has 2 rings (SSSR count). The molecule has 1 aliphatic carbocycles. The molecule has 5 nitrogen and oxygen atoms in total. The van der Waals surface area contributed by atoms with Gasteiger partial charge in [0.25, 0.3) is 0 Å². The quantitative estimate of drug-likeness (QED) is 0.729. The first kappa shape index (κ1) is 14.8. The van der Waals surface area contributed by atoms with Gasteiger partial charge >= 0.3 is 0 Å². The summed E-state index contributed by atoms with van der Waals surface area (Å²) in [4.78, 5) is 0. The number of allylic oxidation sites excluding steroid dienone is 1. The van der Waals surface area contributed by atoms with Gasteiger partial charge in [0.05, 0.1) is 23.5 Å². The lowest BCUT2D eigenvalue weighted by molar-refractivity contribution is 0.217. The average molecular weight is 308 g/mol. The molecule has 110 valence electrons. The van der Waals surface area contributed by atoms with E-state index in [1.54, 1.807) is 6.26 Å². The molecular formula is C12H20O5S2. The molecule has 1 heterocycles. The summed E-state index contributed by atoms with van der Waals surface area (Å²) in [6.07, 6.45) is 5.87. The van der Waals surface area contributed by atoms with Gasteiger partial charge < -0.3 is 4.74 Å². The van der Waals surface area contributed by atoms with Gasteiger partial charge in [-0.2, -0.15) is 0 Å². The molecule has 2 aliphatic rings. The first-order chi connectivity index (χ1) is 8.74. The van der Waals surface area contributed by atoms with Gasteiger partial charge in [0.2, 0.25) is 0 Å². The minimum absolute atomic E-state index is 0.0853. The lowest BCUT2D eigenvalue weighted by Gasteiger charge is -2.32. The Morgan fingerprint density at radius 1 is 1.16 bits per heavy atom. The van der Waals surface area contributed by atoms with Crippen molar-refractivity contribution in [2.45, 2.75) is 37.4 Å². The summed E-state index contributed by atoms with van der Waals surface area (Å²) in [5.41, 5.74) is 1.18. The summed E-state index contributed by atoms with van der Waals surface area (Å²) >= 11 is 0. The summed E-state index contributed by atoms with van der Waals surface area (Å²) in [6, 6.07) is 0. The second-order valence-corrected chi connectivity index (χ2v) is 10.5. The fraction of sp³-hybridized carbons (Fsp3) is 0.833. The largest absolute Gasteiger partial charge is 0.500 e. The molecule has 1 unspecified atom stereocenters. The number of sulfone groups is 2. The Kier molecular flexibility index (Phi) is 3.97. The zero-order valence-electron chi connectivity index (χ0n) is 11.1. The van der Waals surface area contributed by atoms with Crippen molar-refractivity contribution in [1.29, 1.82) is 0 Å². The van der Waals surface area contributed by atoms with Crippen LogP contribution in [0.2, 0.25) is 0 Å². The molecule has 0 aromatic heterocycles. The van der Waals surface area contributed by atoms with E-state index in [-0.39, 0.29) is 23.9 Å². The molecule has 0 aromatic rings. The van der Waals surface area contributed by atoms with Crippen LogP contribution in [0.5, 0.6) is 0 Å². The highest BCUT2D eigenvalue weighted by Gasteiger charge is 2.47. The molecule has 0 N–H and O–H groups in total. The molecule has 1 atom stereocenters. The van der Waals surface area contributed by atoms with E-state index >= 15 is 0 Å². The van der Waals surface area contributed by atoms with Crippen LogP contribution >= 0.6 is 0 Å². The number of rotatable bonds is 3. The average Bonchev–Trinajstić information content (AvgIpc) is 2.77. The van der Waals surface area contributed by atoms with Crippen molar-refractivity contribution in [3.05, 3.63) is 11.8 Å². The van der Waals surface area contributed by atoms with Gasteiger partial charge in [-0.1, -0.05) is 0 Å². The Bertz CT molecular complexity index is 565. The van der Waals surface area contributed by atoms with Crippen molar-refractivity contribution in [2.24, 2.45) is 0 Å². The van der Waals surface area contributed by atoms with E-state index in [9.17, 15) is 16.8 Å². The maximum absolute atomic E-state index is 12.1. The Morgan fingerprint density at radius 2 is 1.79 bits per heavy atom. The number of ether oxygens (including phenoxy) is 1. The maximum Gasteiger partial charge on any atom is 0.161 e. The summed E-state index contributed by atoms with van der Waals surface area (Å²) in [5, 5.41) is 0. The number of hydrogen-bond donors (Lipinski definition) is 0. The molecular weight excluding hydrogens is 288 g/mol. The van der Waals surface area contributed by atoms with Crippen LogP contribution in [0.3, 0.4) is 0 Å². The Morgan fingerprint density at radius 3 is 2.42 bits per heavy atom. The molecule has 19 heavy (non-hydrogen) atoms. The van der Waals surface area contributed by atoms with Gasteiger partial charge in [-0.05, 0) is 38.2 Å². The second kappa shape index (κ2) is 5.09. The highest BCUT2D eigenvalue weighted by atomic mass is 32.2. The third kappa shape index (κ3) is 3.31. The molecule has 1 aliphatic heterocycles. The lowest BCUT2D eigenvalue weighted by atomic mass is 10.2. The van der Waals surface area contributed by atoms with Gasteiger partial charge in [-0.15, -0.1) is 0 Å². The van der Waals surface area contributed by atoms with E-state index in [0.717, 1.165) is 25.7 Å². The van der Waals surface area contributed by atoms with Crippen molar-refractivity contribution >= 4 is 19.7 Å². The van der Waals surface area contributed by atoms with Crippen molar-refractivity contribution in [2.75, 3.05) is 23.9 Å². The smallest absolute Gasteiger partial charge is 0.161 e. The third-order valence-electron chi connectivity index (χ3n) is 3.82. The van der Waals surface area contributed by atoms with Crippen molar-refractivity contribution in [1.82, 2.24) is 0 Å². The molecule has 7 heteroatoms. The SMILES string of the molecule is CC1(COC=C2CCCC2)CS(=O)(=O)CCS1(=O)=O. The topological polar surface area (TPSA) is 77.5 Å². The van der Waals surface area contributed by atoms with E-state index < -0.39 is 24.4 Å². The van der Waals surface area contributed by atoms with Gasteiger partial charge in [0.15, 0.2) is 19.7 Å². The summed E-state index contributed by atoms with van der Waals surface area (Å²) in [7, 11) is -6.71. The lowest BCUT2D eigenvalue weighted by Crippen LogP contribution is -2.52. The van der Waals surface area contributed by atoms with Gasteiger partial charge in [0, 0.05) is 0 Å². The van der Waals surface area contributed by atoms with E-state index in [1.807, 2.05) is 0 Å². The predicted octanol–water partition coefficient (Wildman–Crippen LogP) is 1.06. The van der Waals surface area contributed by atoms with E-state index in [1.165, 1.54) is 12.5 Å². The minimum atomic E-state index is -3.42. The Labute approximate surface area is 114 Å². The Hall–Kier alpha value is -0.560. The number of hydrogen-bond acceptors (Lipinski definition) is 5. The third-order valence-corrected chi connectivity index (χ3v) is 8.67.